The van der Waals surface area contributed by atoms with Crippen molar-refractivity contribution in [1.82, 2.24) is 0 Å². The molecule has 1 heterocycles. The molecule has 0 spiro atoms. The Bertz CT molecular complexity index is 533. The lowest BCUT2D eigenvalue weighted by Gasteiger charge is -2.10. The van der Waals surface area contributed by atoms with E-state index < -0.39 is 11.9 Å². The first-order chi connectivity index (χ1) is 7.56. The topological polar surface area (TPSA) is 76.1 Å². The number of hydrogen-bond donors (Lipinski definition) is 1. The smallest absolute Gasteiger partial charge is 0.206 e. The summed E-state index contributed by atoms with van der Waals surface area (Å²) in [5.41, 5.74) is 6.01. The Balaban J connectivity index is 2.46. The van der Waals surface area contributed by atoms with Gasteiger partial charge in [0.25, 0.3) is 0 Å². The summed E-state index contributed by atoms with van der Waals surface area (Å²) in [5.74, 6) is -0.623. The second-order valence-electron chi connectivity index (χ2n) is 3.03. The van der Waals surface area contributed by atoms with Gasteiger partial charge in [0.05, 0.1) is 13.0 Å². The number of benzene rings is 1. The van der Waals surface area contributed by atoms with Crippen LogP contribution < -0.4 is 5.73 Å². The molecular formula is C11H8N2O2. The Morgan fingerprint density at radius 1 is 1.60 bits per heavy atom. The van der Waals surface area contributed by atoms with Gasteiger partial charge in [0.2, 0.25) is 5.78 Å². The average Bonchev–Trinajstić information content (AvgIpc) is 2.54. The highest BCUT2D eigenvalue weighted by Crippen LogP contribution is 2.26. The number of ether oxygens (including phenoxy) is 1. The van der Waals surface area contributed by atoms with Crippen LogP contribution >= 0.6 is 0 Å². The molecule has 2 N–H and O–H groups in total. The number of carbonyl (C=O) groups is 1. The van der Waals surface area contributed by atoms with Crippen LogP contribution in [0.4, 0.5) is 0 Å². The van der Waals surface area contributed by atoms with Crippen LogP contribution in [0.1, 0.15) is 18.6 Å². The maximum Gasteiger partial charge on any atom is 0.206 e. The molecule has 1 aromatic carbocycles. The van der Waals surface area contributed by atoms with Crippen LogP contribution in [0.5, 0.6) is 0 Å². The Hall–Kier alpha value is -2.28. The summed E-state index contributed by atoms with van der Waals surface area (Å²) >= 11 is 0. The summed E-state index contributed by atoms with van der Waals surface area (Å²) in [6, 6.07) is 8.11. The van der Waals surface area contributed by atoms with E-state index in [0.29, 0.717) is 11.1 Å². The molecule has 4 heteroatoms. The molecule has 15 heavy (non-hydrogen) atoms. The summed E-state index contributed by atoms with van der Waals surface area (Å²) in [6.45, 7) is 0. The summed E-state index contributed by atoms with van der Waals surface area (Å²) in [4.78, 5) is 11.6. The zero-order chi connectivity index (χ0) is 11.8. The van der Waals surface area contributed by atoms with E-state index in [4.69, 9.17) is 17.1 Å². The van der Waals surface area contributed by atoms with Crippen molar-refractivity contribution in [2.24, 2.45) is 5.73 Å². The average molecular weight is 201 g/mol. The molecule has 0 aliphatic carbocycles. The fourth-order valence-electron chi connectivity index (χ4n) is 1.32. The van der Waals surface area contributed by atoms with Gasteiger partial charge in [-0.05, 0) is 12.1 Å². The second kappa shape index (κ2) is 3.46. The van der Waals surface area contributed by atoms with Gasteiger partial charge in [-0.1, -0.05) is 12.1 Å². The van der Waals surface area contributed by atoms with E-state index in [9.17, 15) is 4.79 Å². The molecule has 1 aliphatic rings. The van der Waals surface area contributed by atoms with Gasteiger partial charge in [-0.3, -0.25) is 4.79 Å². The van der Waals surface area contributed by atoms with Crippen LogP contribution in [-0.4, -0.2) is 5.78 Å². The molecule has 0 bridgehead atoms. The van der Waals surface area contributed by atoms with E-state index >= 15 is 0 Å². The number of ketones is 1. The Morgan fingerprint density at radius 3 is 3.00 bits per heavy atom. The second-order valence-corrected chi connectivity index (χ2v) is 3.03. The predicted octanol–water partition coefficient (Wildman–Crippen LogP) is 0.999. The third-order valence-electron chi connectivity index (χ3n) is 1.97. The zero-order valence-corrected chi connectivity index (χ0v) is 7.73. The molecule has 74 valence electrons. The fraction of sp³-hybridized carbons (Fsp3) is 0.0909. The van der Waals surface area contributed by atoms with Crippen LogP contribution in [0.25, 0.3) is 0 Å². The van der Waals surface area contributed by atoms with Crippen molar-refractivity contribution in [3.8, 4) is 6.07 Å². The minimum Gasteiger partial charge on any atom is -0.463 e. The van der Waals surface area contributed by atoms with Crippen molar-refractivity contribution in [1.29, 1.82) is 5.26 Å². The summed E-state index contributed by atoms with van der Waals surface area (Å²) in [7, 11) is 0. The molecule has 1 aliphatic heterocycles. The molecule has 0 saturated heterocycles. The van der Waals surface area contributed by atoms with E-state index in [1.54, 1.807) is 18.2 Å². The maximum atomic E-state index is 11.6. The van der Waals surface area contributed by atoms with Crippen LogP contribution in [0.2, 0.25) is 0 Å². The quantitative estimate of drug-likeness (QED) is 0.735. The molecule has 1 aromatic rings. The lowest BCUT2D eigenvalue weighted by molar-refractivity contribution is -0.120. The lowest BCUT2D eigenvalue weighted by Crippen LogP contribution is -2.08. The molecule has 4 nitrogen and oxygen atoms in total. The number of nitriles is 1. The van der Waals surface area contributed by atoms with Gasteiger partial charge in [0, 0.05) is 11.6 Å². The number of nitrogens with two attached hydrogens (primary N) is 1. The highest BCUT2D eigenvalue weighted by atomic mass is 16.5. The predicted molar refractivity (Wildman–Crippen MR) is 52.3 cm³/mol. The van der Waals surface area contributed by atoms with Gasteiger partial charge < -0.3 is 10.5 Å². The monoisotopic (exact) mass is 201 g/mol. The molecule has 0 radical (unpaired) electrons. The van der Waals surface area contributed by atoms with Crippen molar-refractivity contribution in [2.45, 2.75) is 6.08 Å². The SMILES string of the molecule is [2H]C1(c2cccc(C#N)c2)OC(N)=CC1=O. The van der Waals surface area contributed by atoms with E-state index in [1.807, 2.05) is 6.07 Å². The summed E-state index contributed by atoms with van der Waals surface area (Å²) in [6.07, 6.45) is -0.775. The summed E-state index contributed by atoms with van der Waals surface area (Å²) < 4.78 is 12.9. The molecule has 0 fully saturated rings. The molecule has 0 aromatic heterocycles. The lowest BCUT2D eigenvalue weighted by atomic mass is 10.0. The van der Waals surface area contributed by atoms with Crippen LogP contribution in [0.15, 0.2) is 36.2 Å². The maximum absolute atomic E-state index is 11.6. The minimum atomic E-state index is -1.85. The molecule has 1 unspecified atom stereocenters. The van der Waals surface area contributed by atoms with Gasteiger partial charge in [-0.25, -0.2) is 0 Å². The van der Waals surface area contributed by atoms with E-state index in [0.717, 1.165) is 6.08 Å². The van der Waals surface area contributed by atoms with Crippen LogP contribution in [0, 0.1) is 11.3 Å². The highest BCUT2D eigenvalue weighted by molar-refractivity contribution is 5.96. The first-order valence-corrected chi connectivity index (χ1v) is 4.27. The number of rotatable bonds is 1. The third kappa shape index (κ3) is 1.67. The van der Waals surface area contributed by atoms with Crippen molar-refractivity contribution in [3.63, 3.8) is 0 Å². The van der Waals surface area contributed by atoms with Crippen molar-refractivity contribution in [3.05, 3.63) is 47.4 Å². The van der Waals surface area contributed by atoms with Crippen molar-refractivity contribution >= 4 is 5.78 Å². The van der Waals surface area contributed by atoms with Gasteiger partial charge in [-0.2, -0.15) is 5.26 Å². The number of nitrogens with zero attached hydrogens (tertiary/aromatic N) is 1. The van der Waals surface area contributed by atoms with Crippen LogP contribution in [0.3, 0.4) is 0 Å². The van der Waals surface area contributed by atoms with Crippen molar-refractivity contribution in [2.75, 3.05) is 0 Å². The fourth-order valence-corrected chi connectivity index (χ4v) is 1.32. The van der Waals surface area contributed by atoms with Gasteiger partial charge >= 0.3 is 0 Å². The molecule has 0 amide bonds. The van der Waals surface area contributed by atoms with E-state index in [1.165, 1.54) is 6.07 Å². The largest absolute Gasteiger partial charge is 0.463 e. The van der Waals surface area contributed by atoms with Crippen molar-refractivity contribution < 1.29 is 10.9 Å². The number of carbonyl (C=O) groups excluding carboxylic acids is 1. The Kier molecular flexibility index (Phi) is 1.86. The van der Waals surface area contributed by atoms with Gasteiger partial charge in [0.15, 0.2) is 12.0 Å². The third-order valence-corrected chi connectivity index (χ3v) is 1.97. The Labute approximate surface area is 88.0 Å². The molecule has 1 atom stereocenters. The highest BCUT2D eigenvalue weighted by Gasteiger charge is 2.27. The Morgan fingerprint density at radius 2 is 2.40 bits per heavy atom. The van der Waals surface area contributed by atoms with Gasteiger partial charge in [-0.15, -0.1) is 0 Å². The zero-order valence-electron chi connectivity index (χ0n) is 8.73. The normalized spacial score (nSPS) is 25.1. The molecule has 0 saturated carbocycles. The molecule has 2 rings (SSSR count). The first-order valence-electron chi connectivity index (χ1n) is 4.77. The number of hydrogen-bond acceptors (Lipinski definition) is 4. The first kappa shape index (κ1) is 8.06. The van der Waals surface area contributed by atoms with Gasteiger partial charge in [0.1, 0.15) is 0 Å². The van der Waals surface area contributed by atoms with E-state index in [-0.39, 0.29) is 5.88 Å². The minimum absolute atomic E-state index is 0.0811. The van der Waals surface area contributed by atoms with E-state index in [2.05, 4.69) is 0 Å². The molecular weight excluding hydrogens is 192 g/mol. The van der Waals surface area contributed by atoms with Crippen LogP contribution in [-0.2, 0) is 9.53 Å². The summed E-state index contributed by atoms with van der Waals surface area (Å²) in [5, 5.41) is 8.73. The standard InChI is InChI=1S/C11H8N2O2/c12-6-7-2-1-3-8(4-7)11-9(14)5-10(13)15-11/h1-5,11H,13H2/i11D.